The van der Waals surface area contributed by atoms with E-state index >= 15 is 0 Å². The zero-order chi connectivity index (χ0) is 30.6. The van der Waals surface area contributed by atoms with Crippen LogP contribution < -0.4 is 25.5 Å². The van der Waals surface area contributed by atoms with Gasteiger partial charge in [0, 0.05) is 5.69 Å². The number of carbonyl (C=O) groups is 4. The summed E-state index contributed by atoms with van der Waals surface area (Å²) in [6.45, 7) is 4.51. The lowest BCUT2D eigenvalue weighted by Crippen LogP contribution is -2.33. The molecule has 0 heterocycles. The Morgan fingerprint density at radius 2 is 1.51 bits per heavy atom. The van der Waals surface area contributed by atoms with Crippen LogP contribution in [0.25, 0.3) is 0 Å². The number of nitrogens with zero attached hydrogens (tertiary/aromatic N) is 1. The van der Waals surface area contributed by atoms with E-state index in [9.17, 15) is 19.2 Å². The Kier molecular flexibility index (Phi) is 10.4. The monoisotopic (exact) mass is 578 g/mol. The van der Waals surface area contributed by atoms with E-state index in [-0.39, 0.29) is 11.3 Å². The number of para-hydroxylation sites is 1. The lowest BCUT2D eigenvalue weighted by atomic mass is 10.1. The summed E-state index contributed by atoms with van der Waals surface area (Å²) in [6.07, 6.45) is 2.22. The van der Waals surface area contributed by atoms with Crippen LogP contribution in [0.1, 0.15) is 45.2 Å². The first-order valence-electron chi connectivity index (χ1n) is 13.5. The molecule has 10 heteroatoms. The van der Waals surface area contributed by atoms with Crippen molar-refractivity contribution in [1.29, 1.82) is 0 Å². The number of aryl methyl sites for hydroxylation is 1. The van der Waals surface area contributed by atoms with Gasteiger partial charge in [0.15, 0.2) is 0 Å². The maximum atomic E-state index is 12.8. The maximum absolute atomic E-state index is 12.8. The van der Waals surface area contributed by atoms with Crippen molar-refractivity contribution in [2.45, 2.75) is 20.3 Å². The molecule has 218 valence electrons. The summed E-state index contributed by atoms with van der Waals surface area (Å²) in [5.74, 6) is -1.98. The number of benzene rings is 4. The number of nitrogens with one attached hydrogen (secondary N) is 3. The number of esters is 1. The van der Waals surface area contributed by atoms with Gasteiger partial charge in [0.2, 0.25) is 0 Å². The SMILES string of the molecule is CCCOc1ccc(C(=O)Oc2ccc(/C=N\NC(=O)C(=O)Nc3ccccc3C(=O)Nc3cccc(C)c3)cc2)cc1. The lowest BCUT2D eigenvalue weighted by Gasteiger charge is -2.11. The first-order chi connectivity index (χ1) is 20.8. The van der Waals surface area contributed by atoms with E-state index in [4.69, 9.17) is 9.47 Å². The minimum absolute atomic E-state index is 0.169. The van der Waals surface area contributed by atoms with Crippen LogP contribution in [0.4, 0.5) is 11.4 Å². The number of amides is 3. The van der Waals surface area contributed by atoms with Gasteiger partial charge in [0.05, 0.1) is 29.6 Å². The van der Waals surface area contributed by atoms with Crippen LogP contribution in [0.2, 0.25) is 0 Å². The summed E-state index contributed by atoms with van der Waals surface area (Å²) >= 11 is 0. The second-order valence-corrected chi connectivity index (χ2v) is 9.35. The fourth-order valence-corrected chi connectivity index (χ4v) is 3.80. The average Bonchev–Trinajstić information content (AvgIpc) is 3.01. The largest absolute Gasteiger partial charge is 0.494 e. The Hall–Kier alpha value is -5.77. The molecule has 3 amide bonds. The molecule has 0 radical (unpaired) electrons. The molecule has 0 aliphatic heterocycles. The fraction of sp³-hybridized carbons (Fsp3) is 0.121. The first kappa shape index (κ1) is 30.2. The van der Waals surface area contributed by atoms with E-state index in [2.05, 4.69) is 21.2 Å². The van der Waals surface area contributed by atoms with E-state index in [1.165, 1.54) is 18.3 Å². The topological polar surface area (TPSA) is 135 Å². The molecule has 0 saturated heterocycles. The smallest absolute Gasteiger partial charge is 0.343 e. The first-order valence-corrected chi connectivity index (χ1v) is 13.5. The van der Waals surface area contributed by atoms with Gasteiger partial charge in [0.25, 0.3) is 5.91 Å². The van der Waals surface area contributed by atoms with Crippen molar-refractivity contribution in [1.82, 2.24) is 5.43 Å². The van der Waals surface area contributed by atoms with E-state index in [0.717, 1.165) is 12.0 Å². The quantitative estimate of drug-likeness (QED) is 0.0764. The van der Waals surface area contributed by atoms with E-state index < -0.39 is 23.7 Å². The molecule has 0 aromatic heterocycles. The minimum Gasteiger partial charge on any atom is -0.494 e. The van der Waals surface area contributed by atoms with Crippen molar-refractivity contribution in [2.24, 2.45) is 5.10 Å². The van der Waals surface area contributed by atoms with Crippen LogP contribution in [0.5, 0.6) is 11.5 Å². The van der Waals surface area contributed by atoms with Gasteiger partial charge in [-0.25, -0.2) is 10.2 Å². The van der Waals surface area contributed by atoms with Crippen LogP contribution in [0.15, 0.2) is 102 Å². The summed E-state index contributed by atoms with van der Waals surface area (Å²) in [5.41, 5.74) is 5.05. The highest BCUT2D eigenvalue weighted by atomic mass is 16.5. The van der Waals surface area contributed by atoms with E-state index in [1.807, 2.05) is 32.0 Å². The van der Waals surface area contributed by atoms with Gasteiger partial charge in [-0.15, -0.1) is 0 Å². The molecule has 4 aromatic rings. The van der Waals surface area contributed by atoms with Crippen molar-refractivity contribution in [3.63, 3.8) is 0 Å². The van der Waals surface area contributed by atoms with Gasteiger partial charge in [-0.2, -0.15) is 5.10 Å². The molecule has 0 fully saturated rings. The van der Waals surface area contributed by atoms with Gasteiger partial charge in [-0.05, 0) is 97.3 Å². The highest BCUT2D eigenvalue weighted by molar-refractivity contribution is 6.40. The standard InChI is InChI=1S/C33H30N4O6/c1-3-19-42-26-17-13-24(14-18-26)33(41)43-27-15-11-23(12-16-27)21-34-37-32(40)31(39)36-29-10-5-4-9-28(29)30(38)35-25-8-6-7-22(2)20-25/h4-18,20-21H,3,19H2,1-2H3,(H,35,38)(H,36,39)(H,37,40)/b34-21-. The van der Waals surface area contributed by atoms with Crippen LogP contribution in [0, 0.1) is 6.92 Å². The predicted octanol–water partition coefficient (Wildman–Crippen LogP) is 5.34. The average molecular weight is 579 g/mol. The van der Waals surface area contributed by atoms with Crippen molar-refractivity contribution in [3.8, 4) is 11.5 Å². The molecular formula is C33H30N4O6. The number of rotatable bonds is 10. The third-order valence-corrected chi connectivity index (χ3v) is 5.94. The summed E-state index contributed by atoms with van der Waals surface area (Å²) in [4.78, 5) is 50.0. The second kappa shape index (κ2) is 14.7. The molecule has 3 N–H and O–H groups in total. The predicted molar refractivity (Wildman–Crippen MR) is 164 cm³/mol. The molecule has 4 aromatic carbocycles. The third-order valence-electron chi connectivity index (χ3n) is 5.94. The second-order valence-electron chi connectivity index (χ2n) is 9.35. The van der Waals surface area contributed by atoms with Gasteiger partial charge in [0.1, 0.15) is 11.5 Å². The van der Waals surface area contributed by atoms with Crippen molar-refractivity contribution >= 4 is 41.3 Å². The Bertz CT molecular complexity index is 1630. The number of hydrogen-bond acceptors (Lipinski definition) is 7. The van der Waals surface area contributed by atoms with Gasteiger partial charge in [-0.1, -0.05) is 31.2 Å². The minimum atomic E-state index is -1.03. The maximum Gasteiger partial charge on any atom is 0.343 e. The summed E-state index contributed by atoms with van der Waals surface area (Å²) in [7, 11) is 0. The normalized spacial score (nSPS) is 10.6. The third kappa shape index (κ3) is 8.86. The zero-order valence-corrected chi connectivity index (χ0v) is 23.6. The molecular weight excluding hydrogens is 548 g/mol. The van der Waals surface area contributed by atoms with Crippen LogP contribution in [-0.2, 0) is 9.59 Å². The summed E-state index contributed by atoms with van der Waals surface area (Å²) < 4.78 is 10.9. The number of hydrogen-bond donors (Lipinski definition) is 3. The molecule has 0 saturated carbocycles. The van der Waals surface area contributed by atoms with Gasteiger partial charge >= 0.3 is 17.8 Å². The Balaban J connectivity index is 1.28. The number of carbonyl (C=O) groups excluding carboxylic acids is 4. The fourth-order valence-electron chi connectivity index (χ4n) is 3.80. The number of hydrazone groups is 1. The Morgan fingerprint density at radius 3 is 2.23 bits per heavy atom. The summed E-state index contributed by atoms with van der Waals surface area (Å²) in [5, 5.41) is 9.03. The van der Waals surface area contributed by atoms with Crippen molar-refractivity contribution in [2.75, 3.05) is 17.2 Å². The molecule has 0 aliphatic rings. The molecule has 0 spiro atoms. The molecule has 0 atom stereocenters. The molecule has 10 nitrogen and oxygen atoms in total. The number of anilines is 2. The highest BCUT2D eigenvalue weighted by Gasteiger charge is 2.18. The number of ether oxygens (including phenoxy) is 2. The van der Waals surface area contributed by atoms with E-state index in [0.29, 0.717) is 34.9 Å². The van der Waals surface area contributed by atoms with Crippen LogP contribution >= 0.6 is 0 Å². The zero-order valence-electron chi connectivity index (χ0n) is 23.6. The molecule has 0 aliphatic carbocycles. The molecule has 43 heavy (non-hydrogen) atoms. The van der Waals surface area contributed by atoms with Gasteiger partial charge < -0.3 is 20.1 Å². The molecule has 4 rings (SSSR count). The molecule has 0 bridgehead atoms. The summed E-state index contributed by atoms with van der Waals surface area (Å²) in [6, 6.07) is 26.7. The highest BCUT2D eigenvalue weighted by Crippen LogP contribution is 2.19. The molecule has 0 unspecified atom stereocenters. The van der Waals surface area contributed by atoms with Crippen molar-refractivity contribution < 1.29 is 28.7 Å². The van der Waals surface area contributed by atoms with E-state index in [1.54, 1.807) is 66.7 Å². The lowest BCUT2D eigenvalue weighted by molar-refractivity contribution is -0.136. The van der Waals surface area contributed by atoms with Crippen LogP contribution in [0.3, 0.4) is 0 Å². The van der Waals surface area contributed by atoms with Crippen LogP contribution in [-0.4, -0.2) is 36.5 Å². The van der Waals surface area contributed by atoms with Crippen molar-refractivity contribution in [3.05, 3.63) is 119 Å². The van der Waals surface area contributed by atoms with Gasteiger partial charge in [-0.3, -0.25) is 14.4 Å². The Morgan fingerprint density at radius 1 is 0.791 bits per heavy atom. The Labute approximate surface area is 248 Å².